The van der Waals surface area contributed by atoms with E-state index in [1.54, 1.807) is 36.2 Å². The van der Waals surface area contributed by atoms with Crippen LogP contribution in [0.5, 0.6) is 0 Å². The van der Waals surface area contributed by atoms with Crippen molar-refractivity contribution in [3.8, 4) is 16.8 Å². The summed E-state index contributed by atoms with van der Waals surface area (Å²) in [4.78, 5) is 17.1. The molecule has 0 radical (unpaired) electrons. The van der Waals surface area contributed by atoms with Gasteiger partial charge in [-0.1, -0.05) is 17.7 Å². The molecule has 1 N–H and O–H groups in total. The maximum absolute atomic E-state index is 13.7. The number of methoxy groups -OCH3 is 1. The molecule has 0 atom stereocenters. The Bertz CT molecular complexity index is 1120. The van der Waals surface area contributed by atoms with Gasteiger partial charge >= 0.3 is 0 Å². The zero-order valence-corrected chi connectivity index (χ0v) is 15.7. The molecule has 9 heteroatoms. The van der Waals surface area contributed by atoms with Crippen molar-refractivity contribution in [2.75, 3.05) is 25.6 Å². The number of hydrogen-bond donors (Lipinski definition) is 1. The number of fused-ring (bicyclic) bond motifs is 1. The molecule has 0 saturated heterocycles. The molecule has 0 saturated carbocycles. The van der Waals surface area contributed by atoms with Gasteiger partial charge in [-0.2, -0.15) is 0 Å². The number of nitrogens with zero attached hydrogens (tertiary/aromatic N) is 5. The summed E-state index contributed by atoms with van der Waals surface area (Å²) in [6.07, 6.45) is 6.59. The van der Waals surface area contributed by atoms with Crippen LogP contribution in [0, 0.1) is 5.82 Å². The molecular formula is C19H16ClFN6O. The van der Waals surface area contributed by atoms with Crippen LogP contribution in [0.1, 0.15) is 0 Å². The Labute approximate surface area is 165 Å². The lowest BCUT2D eigenvalue weighted by molar-refractivity contribution is 0.210. The van der Waals surface area contributed by atoms with E-state index < -0.39 is 0 Å². The molecule has 0 amide bonds. The zero-order valence-electron chi connectivity index (χ0n) is 14.9. The minimum atomic E-state index is -0.337. The van der Waals surface area contributed by atoms with Crippen LogP contribution < -0.4 is 5.32 Å². The van der Waals surface area contributed by atoms with Gasteiger partial charge in [0, 0.05) is 49.1 Å². The van der Waals surface area contributed by atoms with Crippen molar-refractivity contribution in [2.24, 2.45) is 0 Å². The lowest BCUT2D eigenvalue weighted by Crippen LogP contribution is -2.09. The highest BCUT2D eigenvalue weighted by Crippen LogP contribution is 2.34. The molecular weight excluding hydrogens is 383 g/mol. The lowest BCUT2D eigenvalue weighted by atomic mass is 10.1. The van der Waals surface area contributed by atoms with E-state index >= 15 is 0 Å². The van der Waals surface area contributed by atoms with Gasteiger partial charge in [-0.05, 0) is 18.2 Å². The Hall–Kier alpha value is -3.10. The summed E-state index contributed by atoms with van der Waals surface area (Å²) >= 11 is 6.35. The van der Waals surface area contributed by atoms with Gasteiger partial charge in [-0.15, -0.1) is 0 Å². The van der Waals surface area contributed by atoms with Crippen LogP contribution in [0.15, 0.2) is 49.2 Å². The summed E-state index contributed by atoms with van der Waals surface area (Å²) in [5.41, 5.74) is 2.70. The van der Waals surface area contributed by atoms with Crippen molar-refractivity contribution in [1.82, 2.24) is 24.5 Å². The van der Waals surface area contributed by atoms with Crippen LogP contribution in [0.25, 0.3) is 27.8 Å². The first-order chi connectivity index (χ1) is 13.7. The maximum atomic E-state index is 13.7. The molecule has 1 aromatic carbocycles. The predicted molar refractivity (Wildman–Crippen MR) is 105 cm³/mol. The summed E-state index contributed by atoms with van der Waals surface area (Å²) in [5.74, 6) is 0.160. The van der Waals surface area contributed by atoms with Gasteiger partial charge < -0.3 is 14.6 Å². The third kappa shape index (κ3) is 3.51. The first-order valence-electron chi connectivity index (χ1n) is 8.50. The van der Waals surface area contributed by atoms with Gasteiger partial charge in [0.25, 0.3) is 0 Å². The van der Waals surface area contributed by atoms with Crippen LogP contribution in [-0.4, -0.2) is 44.8 Å². The Balaban J connectivity index is 1.79. The molecule has 7 nitrogen and oxygen atoms in total. The van der Waals surface area contributed by atoms with Gasteiger partial charge in [-0.25, -0.2) is 24.3 Å². The number of halogens is 2. The van der Waals surface area contributed by atoms with E-state index in [0.717, 1.165) is 11.1 Å². The first kappa shape index (κ1) is 18.3. The van der Waals surface area contributed by atoms with Crippen molar-refractivity contribution in [3.63, 3.8) is 0 Å². The van der Waals surface area contributed by atoms with Crippen LogP contribution in [-0.2, 0) is 4.74 Å². The van der Waals surface area contributed by atoms with Crippen molar-refractivity contribution >= 4 is 28.6 Å². The monoisotopic (exact) mass is 398 g/mol. The Morgan fingerprint density at radius 1 is 1.18 bits per heavy atom. The summed E-state index contributed by atoms with van der Waals surface area (Å²) in [6, 6.07) is 6.25. The minimum absolute atomic E-state index is 0.303. The second kappa shape index (κ2) is 7.87. The van der Waals surface area contributed by atoms with E-state index in [2.05, 4.69) is 25.3 Å². The smallest absolute Gasteiger partial charge is 0.222 e. The fourth-order valence-electron chi connectivity index (χ4n) is 2.89. The Morgan fingerprint density at radius 2 is 2.00 bits per heavy atom. The van der Waals surface area contributed by atoms with Crippen molar-refractivity contribution in [3.05, 3.63) is 60.2 Å². The molecule has 4 rings (SSSR count). The second-order valence-corrected chi connectivity index (χ2v) is 6.33. The Morgan fingerprint density at radius 3 is 2.75 bits per heavy atom. The van der Waals surface area contributed by atoms with E-state index in [4.69, 9.17) is 16.3 Å². The van der Waals surface area contributed by atoms with Crippen molar-refractivity contribution in [1.29, 1.82) is 0 Å². The van der Waals surface area contributed by atoms with Gasteiger partial charge in [0.1, 0.15) is 22.9 Å². The molecule has 0 aliphatic carbocycles. The van der Waals surface area contributed by atoms with Gasteiger partial charge in [0.2, 0.25) is 5.95 Å². The van der Waals surface area contributed by atoms with E-state index in [-0.39, 0.29) is 5.82 Å². The quantitative estimate of drug-likeness (QED) is 0.394. The van der Waals surface area contributed by atoms with Crippen LogP contribution >= 0.6 is 11.6 Å². The average Bonchev–Trinajstić information content (AvgIpc) is 3.10. The zero-order chi connectivity index (χ0) is 19.5. The number of anilines is 1. The minimum Gasteiger partial charge on any atom is -0.383 e. The van der Waals surface area contributed by atoms with Gasteiger partial charge in [0.05, 0.1) is 12.0 Å². The molecule has 0 aliphatic rings. The van der Waals surface area contributed by atoms with Crippen LogP contribution in [0.2, 0.25) is 5.15 Å². The highest BCUT2D eigenvalue weighted by atomic mass is 35.5. The van der Waals surface area contributed by atoms with Gasteiger partial charge in [0.15, 0.2) is 0 Å². The number of hydrogen-bond acceptors (Lipinski definition) is 6. The van der Waals surface area contributed by atoms with E-state index in [1.807, 2.05) is 6.20 Å². The average molecular weight is 399 g/mol. The molecule has 0 unspecified atom stereocenters. The van der Waals surface area contributed by atoms with Gasteiger partial charge in [-0.3, -0.25) is 0 Å². The summed E-state index contributed by atoms with van der Waals surface area (Å²) in [6.45, 7) is 1.16. The number of aromatic nitrogens is 5. The maximum Gasteiger partial charge on any atom is 0.222 e. The molecule has 0 bridgehead atoms. The highest BCUT2D eigenvalue weighted by Gasteiger charge is 2.17. The fourth-order valence-corrected chi connectivity index (χ4v) is 3.12. The second-order valence-electron chi connectivity index (χ2n) is 5.97. The predicted octanol–water partition coefficient (Wildman–Crippen LogP) is 3.73. The topological polar surface area (TPSA) is 77.8 Å². The third-order valence-electron chi connectivity index (χ3n) is 4.18. The highest BCUT2D eigenvalue weighted by molar-refractivity contribution is 6.35. The Kier molecular flexibility index (Phi) is 5.14. The standard InChI is InChI=1S/C19H16ClFN6O/c1-28-6-5-22-19-23-8-12(9-24-19)15-10-27(14-4-2-3-13(21)7-14)18-16(15)17(20)25-11-26-18/h2-4,7-11H,5-6H2,1H3,(H,22,23,24). The molecule has 0 aliphatic heterocycles. The number of benzene rings is 1. The molecule has 3 aromatic heterocycles. The molecule has 0 spiro atoms. The largest absolute Gasteiger partial charge is 0.383 e. The van der Waals surface area contributed by atoms with E-state index in [1.165, 1.54) is 18.5 Å². The molecule has 28 heavy (non-hydrogen) atoms. The fraction of sp³-hybridized carbons (Fsp3) is 0.158. The van der Waals surface area contributed by atoms with Crippen LogP contribution in [0.3, 0.4) is 0 Å². The number of ether oxygens (including phenoxy) is 1. The molecule has 3 heterocycles. The number of nitrogens with one attached hydrogen (secondary N) is 1. The third-order valence-corrected chi connectivity index (χ3v) is 4.46. The molecule has 0 fully saturated rings. The molecule has 142 valence electrons. The van der Waals surface area contributed by atoms with E-state index in [0.29, 0.717) is 41.0 Å². The lowest BCUT2D eigenvalue weighted by Gasteiger charge is -2.04. The summed E-state index contributed by atoms with van der Waals surface area (Å²) in [7, 11) is 1.63. The van der Waals surface area contributed by atoms with Crippen molar-refractivity contribution in [2.45, 2.75) is 0 Å². The first-order valence-corrected chi connectivity index (χ1v) is 8.88. The van der Waals surface area contributed by atoms with E-state index in [9.17, 15) is 4.39 Å². The van der Waals surface area contributed by atoms with Crippen LogP contribution in [0.4, 0.5) is 10.3 Å². The SMILES string of the molecule is COCCNc1ncc(-c2cn(-c3cccc(F)c3)c3ncnc(Cl)c23)cn1. The summed E-state index contributed by atoms with van der Waals surface area (Å²) in [5, 5.41) is 4.02. The number of rotatable bonds is 6. The van der Waals surface area contributed by atoms with Crippen molar-refractivity contribution < 1.29 is 9.13 Å². The molecule has 4 aromatic rings. The normalized spacial score (nSPS) is 11.1. The summed E-state index contributed by atoms with van der Waals surface area (Å²) < 4.78 is 20.5.